The van der Waals surface area contributed by atoms with Gasteiger partial charge in [0.2, 0.25) is 5.75 Å². The van der Waals surface area contributed by atoms with E-state index in [0.717, 1.165) is 54.6 Å². The lowest BCUT2D eigenvalue weighted by Gasteiger charge is -2.42. The van der Waals surface area contributed by atoms with Crippen molar-refractivity contribution in [3.8, 4) is 28.6 Å². The van der Waals surface area contributed by atoms with Gasteiger partial charge < -0.3 is 23.7 Å². The average molecular weight is 496 g/mol. The van der Waals surface area contributed by atoms with E-state index in [1.807, 2.05) is 26.1 Å². The first-order valence-corrected chi connectivity index (χ1v) is 11.8. The third kappa shape index (κ3) is 4.68. The molecule has 2 heterocycles. The molecule has 1 fully saturated rings. The van der Waals surface area contributed by atoms with E-state index in [2.05, 4.69) is 21.3 Å². The maximum atomic E-state index is 11.0. The highest BCUT2D eigenvalue weighted by Gasteiger charge is 2.29. The molecule has 2 aromatic carbocycles. The van der Waals surface area contributed by atoms with Gasteiger partial charge in [0.1, 0.15) is 5.82 Å². The van der Waals surface area contributed by atoms with Crippen LogP contribution in [0.25, 0.3) is 11.4 Å². The number of non-ortho nitro benzene ring substituents is 1. The summed E-state index contributed by atoms with van der Waals surface area (Å²) in [5.41, 5.74) is 4.01. The molecule has 0 spiro atoms. The molecule has 0 radical (unpaired) electrons. The van der Waals surface area contributed by atoms with E-state index in [4.69, 9.17) is 19.2 Å². The molecule has 3 aromatic rings. The van der Waals surface area contributed by atoms with Crippen LogP contribution < -0.4 is 19.1 Å². The fourth-order valence-electron chi connectivity index (χ4n) is 4.94. The van der Waals surface area contributed by atoms with Crippen molar-refractivity contribution in [1.29, 1.82) is 0 Å². The van der Waals surface area contributed by atoms with E-state index in [0.29, 0.717) is 17.2 Å². The number of methoxy groups -OCH3 is 3. The lowest BCUT2D eigenvalue weighted by atomic mass is 10.1. The number of aryl methyl sites for hydroxylation is 1. The highest BCUT2D eigenvalue weighted by Crippen LogP contribution is 2.45. The zero-order valence-electron chi connectivity index (χ0n) is 21.6. The van der Waals surface area contributed by atoms with Crippen LogP contribution in [0.15, 0.2) is 36.4 Å². The Kier molecular flexibility index (Phi) is 7.35. The quantitative estimate of drug-likeness (QED) is 0.341. The highest BCUT2D eigenvalue weighted by atomic mass is 16.6. The first-order valence-electron chi connectivity index (χ1n) is 11.8. The Morgan fingerprint density at radius 1 is 1.03 bits per heavy atom. The largest absolute Gasteiger partial charge is 0.493 e. The third-order valence-corrected chi connectivity index (χ3v) is 6.83. The smallest absolute Gasteiger partial charge is 0.269 e. The molecule has 0 aliphatic carbocycles. The van der Waals surface area contributed by atoms with Gasteiger partial charge in [0.15, 0.2) is 11.5 Å². The lowest BCUT2D eigenvalue weighted by Crippen LogP contribution is -2.51. The van der Waals surface area contributed by atoms with Crippen LogP contribution in [0.2, 0.25) is 0 Å². The summed E-state index contributed by atoms with van der Waals surface area (Å²) in [4.78, 5) is 20.1. The molecule has 10 nitrogen and oxygen atoms in total. The van der Waals surface area contributed by atoms with Gasteiger partial charge in [-0.15, -0.1) is 0 Å². The molecule has 1 aliphatic rings. The minimum Gasteiger partial charge on any atom is -0.493 e. The van der Waals surface area contributed by atoms with Gasteiger partial charge in [-0.25, -0.2) is 4.98 Å². The first-order chi connectivity index (χ1) is 17.3. The second-order valence-electron chi connectivity index (χ2n) is 8.96. The molecule has 1 aromatic heterocycles. The van der Waals surface area contributed by atoms with Crippen molar-refractivity contribution in [3.05, 3.63) is 57.9 Å². The number of nitro benzene ring substituents is 1. The number of nitro groups is 1. The van der Waals surface area contributed by atoms with Gasteiger partial charge >= 0.3 is 0 Å². The normalized spacial score (nSPS) is 16.2. The summed E-state index contributed by atoms with van der Waals surface area (Å²) in [6, 6.07) is 10.7. The zero-order valence-corrected chi connectivity index (χ0v) is 21.6. The van der Waals surface area contributed by atoms with E-state index in [9.17, 15) is 10.1 Å². The third-order valence-electron chi connectivity index (χ3n) is 6.83. The van der Waals surface area contributed by atoms with Gasteiger partial charge in [-0.2, -0.15) is 0 Å². The fraction of sp³-hybridized carbons (Fsp3) is 0.423. The van der Waals surface area contributed by atoms with Crippen LogP contribution >= 0.6 is 0 Å². The summed E-state index contributed by atoms with van der Waals surface area (Å²) in [5, 5.41) is 11.0. The number of benzene rings is 2. The summed E-state index contributed by atoms with van der Waals surface area (Å²) in [5.74, 6) is 2.71. The molecule has 1 unspecified atom stereocenters. The second kappa shape index (κ2) is 10.4. The first kappa shape index (κ1) is 25.3. The Morgan fingerprint density at radius 3 is 2.31 bits per heavy atom. The number of ether oxygens (including phenoxy) is 3. The molecule has 1 aliphatic heterocycles. The van der Waals surface area contributed by atoms with Crippen LogP contribution in [0.5, 0.6) is 17.2 Å². The number of imidazole rings is 1. The number of hydrogen-bond acceptors (Lipinski definition) is 8. The van der Waals surface area contributed by atoms with E-state index in [1.165, 1.54) is 12.1 Å². The van der Waals surface area contributed by atoms with Gasteiger partial charge in [0, 0.05) is 57.0 Å². The number of rotatable bonds is 8. The monoisotopic (exact) mass is 495 g/mol. The van der Waals surface area contributed by atoms with Crippen molar-refractivity contribution >= 4 is 11.4 Å². The van der Waals surface area contributed by atoms with Gasteiger partial charge in [-0.3, -0.25) is 15.0 Å². The predicted octanol–water partition coefficient (Wildman–Crippen LogP) is 4.04. The van der Waals surface area contributed by atoms with Crippen molar-refractivity contribution in [2.45, 2.75) is 26.4 Å². The van der Waals surface area contributed by atoms with Gasteiger partial charge in [-0.05, 0) is 38.1 Å². The highest BCUT2D eigenvalue weighted by molar-refractivity contribution is 5.70. The summed E-state index contributed by atoms with van der Waals surface area (Å²) in [6.45, 7) is 7.57. The SMILES string of the molecule is COc1ccc(N2CCN(Cc3c(C)nc(-c4ccc([N+](=O)[O-])cc4)n3C)CC2C)c(OC)c1OC. The Hall–Kier alpha value is -3.79. The van der Waals surface area contributed by atoms with Crippen molar-refractivity contribution in [1.82, 2.24) is 14.5 Å². The maximum absolute atomic E-state index is 11.0. The van der Waals surface area contributed by atoms with E-state index >= 15 is 0 Å². The number of nitrogens with zero attached hydrogens (tertiary/aromatic N) is 5. The topological polar surface area (TPSA) is 95.1 Å². The average Bonchev–Trinajstić information content (AvgIpc) is 3.16. The Balaban J connectivity index is 1.51. The molecule has 1 saturated heterocycles. The Bertz CT molecular complexity index is 1240. The number of hydrogen-bond donors (Lipinski definition) is 0. The predicted molar refractivity (Wildman–Crippen MR) is 138 cm³/mol. The van der Waals surface area contributed by atoms with Crippen LogP contribution in [0.3, 0.4) is 0 Å². The maximum Gasteiger partial charge on any atom is 0.269 e. The molecule has 4 rings (SSSR count). The van der Waals surface area contributed by atoms with Crippen molar-refractivity contribution in [2.24, 2.45) is 7.05 Å². The molecule has 0 bridgehead atoms. The number of piperazine rings is 1. The lowest BCUT2D eigenvalue weighted by molar-refractivity contribution is -0.384. The fourth-order valence-corrected chi connectivity index (χ4v) is 4.94. The van der Waals surface area contributed by atoms with Crippen molar-refractivity contribution in [2.75, 3.05) is 45.9 Å². The van der Waals surface area contributed by atoms with E-state index < -0.39 is 4.92 Å². The van der Waals surface area contributed by atoms with E-state index in [-0.39, 0.29) is 11.7 Å². The zero-order chi connectivity index (χ0) is 26.0. The second-order valence-corrected chi connectivity index (χ2v) is 8.96. The molecule has 0 saturated carbocycles. The summed E-state index contributed by atoms with van der Waals surface area (Å²) in [6.07, 6.45) is 0. The molecule has 0 N–H and O–H groups in total. The molecule has 36 heavy (non-hydrogen) atoms. The molecular formula is C26H33N5O5. The molecular weight excluding hydrogens is 462 g/mol. The van der Waals surface area contributed by atoms with Gasteiger partial charge in [0.25, 0.3) is 5.69 Å². The van der Waals surface area contributed by atoms with Crippen LogP contribution in [0.4, 0.5) is 11.4 Å². The standard InChI is InChI=1S/C26H33N5O5/c1-17-15-29(13-14-30(17)21-11-12-23(34-4)25(36-6)24(21)35-5)16-22-18(2)27-26(28(22)3)19-7-9-20(10-8-19)31(32)33/h7-12,17H,13-16H2,1-6H3. The summed E-state index contributed by atoms with van der Waals surface area (Å²) in [7, 11) is 6.88. The summed E-state index contributed by atoms with van der Waals surface area (Å²) < 4.78 is 18.8. The van der Waals surface area contributed by atoms with Crippen LogP contribution in [-0.2, 0) is 13.6 Å². The van der Waals surface area contributed by atoms with Crippen LogP contribution in [0.1, 0.15) is 18.3 Å². The molecule has 1 atom stereocenters. The van der Waals surface area contributed by atoms with Crippen molar-refractivity contribution < 1.29 is 19.1 Å². The molecule has 0 amide bonds. The minimum absolute atomic E-state index is 0.0721. The Labute approximate surface area is 211 Å². The Morgan fingerprint density at radius 2 is 1.72 bits per heavy atom. The van der Waals surface area contributed by atoms with Gasteiger partial charge in [-0.1, -0.05) is 0 Å². The van der Waals surface area contributed by atoms with Gasteiger partial charge in [0.05, 0.1) is 43.3 Å². The molecule has 192 valence electrons. The number of aromatic nitrogens is 2. The summed E-state index contributed by atoms with van der Waals surface area (Å²) >= 11 is 0. The number of anilines is 1. The molecule has 10 heteroatoms. The minimum atomic E-state index is -0.392. The van der Waals surface area contributed by atoms with E-state index in [1.54, 1.807) is 33.5 Å². The van der Waals surface area contributed by atoms with Crippen molar-refractivity contribution in [3.63, 3.8) is 0 Å². The van der Waals surface area contributed by atoms with Crippen LogP contribution in [0, 0.1) is 17.0 Å². The van der Waals surface area contributed by atoms with Crippen LogP contribution in [-0.4, -0.2) is 66.4 Å².